The van der Waals surface area contributed by atoms with Gasteiger partial charge < -0.3 is 14.8 Å². The number of ether oxygens (including phenoxy) is 2. The highest BCUT2D eigenvalue weighted by atomic mass is 16.6. The Hall–Kier alpha value is -2.82. The summed E-state index contributed by atoms with van der Waals surface area (Å²) in [5.74, 6) is 0.215. The summed E-state index contributed by atoms with van der Waals surface area (Å²) in [5, 5.41) is 2.80. The monoisotopic (exact) mass is 369 g/mol. The predicted octanol–water partition coefficient (Wildman–Crippen LogP) is 3.75. The Bertz CT molecular complexity index is 764. The van der Waals surface area contributed by atoms with Crippen molar-refractivity contribution in [1.82, 2.24) is 5.32 Å². The lowest BCUT2D eigenvalue weighted by molar-refractivity contribution is -0.158. The molecule has 0 aliphatic heterocycles. The van der Waals surface area contributed by atoms with Crippen LogP contribution in [0.4, 0.5) is 0 Å². The second kappa shape index (κ2) is 9.21. The molecule has 144 valence electrons. The van der Waals surface area contributed by atoms with Crippen LogP contribution in [0.15, 0.2) is 48.5 Å². The largest absolute Gasteiger partial charge is 0.476 e. The van der Waals surface area contributed by atoms with Crippen LogP contribution in [0.1, 0.15) is 33.3 Å². The van der Waals surface area contributed by atoms with E-state index in [0.29, 0.717) is 18.9 Å². The van der Waals surface area contributed by atoms with Gasteiger partial charge >= 0.3 is 5.97 Å². The topological polar surface area (TPSA) is 64.6 Å². The van der Waals surface area contributed by atoms with Gasteiger partial charge in [0.1, 0.15) is 5.75 Å². The Labute approximate surface area is 160 Å². The van der Waals surface area contributed by atoms with E-state index in [1.165, 1.54) is 12.5 Å². The normalized spacial score (nSPS) is 11.0. The Balaban J connectivity index is 2.00. The van der Waals surface area contributed by atoms with Gasteiger partial charge in [0, 0.05) is 13.5 Å². The van der Waals surface area contributed by atoms with Crippen LogP contribution in [-0.4, -0.2) is 30.6 Å². The molecule has 0 bridgehead atoms. The molecule has 5 heteroatoms. The molecule has 0 unspecified atom stereocenters. The average molecular weight is 369 g/mol. The molecule has 0 atom stereocenters. The molecule has 0 saturated carbocycles. The van der Waals surface area contributed by atoms with Crippen LogP contribution >= 0.6 is 0 Å². The van der Waals surface area contributed by atoms with E-state index in [-0.39, 0.29) is 11.9 Å². The highest BCUT2D eigenvalue weighted by Gasteiger charge is 2.31. The smallest absolute Gasteiger partial charge is 0.349 e. The van der Waals surface area contributed by atoms with Crippen LogP contribution in [0.5, 0.6) is 5.75 Å². The third-order valence-corrected chi connectivity index (χ3v) is 4.07. The van der Waals surface area contributed by atoms with Gasteiger partial charge in [0.15, 0.2) is 5.60 Å². The van der Waals surface area contributed by atoms with Crippen molar-refractivity contribution >= 4 is 11.9 Å². The molecule has 0 fully saturated rings. The number of nitrogens with one attached hydrogen (secondary N) is 1. The summed E-state index contributed by atoms with van der Waals surface area (Å²) in [4.78, 5) is 22.8. The van der Waals surface area contributed by atoms with Crippen LogP contribution in [0.25, 0.3) is 11.1 Å². The lowest BCUT2D eigenvalue weighted by Crippen LogP contribution is -2.39. The zero-order chi connectivity index (χ0) is 19.9. The van der Waals surface area contributed by atoms with Crippen LogP contribution < -0.4 is 10.1 Å². The molecule has 27 heavy (non-hydrogen) atoms. The van der Waals surface area contributed by atoms with E-state index in [9.17, 15) is 9.59 Å². The minimum Gasteiger partial charge on any atom is -0.476 e. The summed E-state index contributed by atoms with van der Waals surface area (Å²) in [6.45, 7) is 7.64. The fourth-order valence-electron chi connectivity index (χ4n) is 2.60. The van der Waals surface area contributed by atoms with Gasteiger partial charge in [-0.1, -0.05) is 36.4 Å². The van der Waals surface area contributed by atoms with Crippen molar-refractivity contribution in [2.45, 2.75) is 39.7 Å². The maximum absolute atomic E-state index is 11.9. The molecule has 0 heterocycles. The van der Waals surface area contributed by atoms with E-state index >= 15 is 0 Å². The molecule has 0 spiro atoms. The molecule has 0 aliphatic rings. The lowest BCUT2D eigenvalue weighted by Gasteiger charge is -2.24. The maximum Gasteiger partial charge on any atom is 0.349 e. The first-order valence-corrected chi connectivity index (χ1v) is 9.12. The van der Waals surface area contributed by atoms with Gasteiger partial charge in [0.05, 0.1) is 6.61 Å². The minimum atomic E-state index is -1.03. The molecule has 2 rings (SSSR count). The molecule has 0 radical (unpaired) electrons. The molecule has 1 N–H and O–H groups in total. The zero-order valence-corrected chi connectivity index (χ0v) is 16.4. The van der Waals surface area contributed by atoms with Gasteiger partial charge in [-0.05, 0) is 56.0 Å². The molecule has 2 aromatic carbocycles. The highest BCUT2D eigenvalue weighted by Crippen LogP contribution is 2.25. The number of esters is 1. The van der Waals surface area contributed by atoms with Crippen molar-refractivity contribution < 1.29 is 19.1 Å². The van der Waals surface area contributed by atoms with E-state index in [1.807, 2.05) is 24.3 Å². The summed E-state index contributed by atoms with van der Waals surface area (Å²) >= 11 is 0. The fraction of sp³-hybridized carbons (Fsp3) is 0.364. The van der Waals surface area contributed by atoms with Crippen LogP contribution in [0.2, 0.25) is 0 Å². The average Bonchev–Trinajstić information content (AvgIpc) is 2.63. The first kappa shape index (κ1) is 20.5. The van der Waals surface area contributed by atoms with Crippen molar-refractivity contribution in [1.29, 1.82) is 0 Å². The second-order valence-electron chi connectivity index (χ2n) is 6.79. The molecule has 0 aromatic heterocycles. The van der Waals surface area contributed by atoms with Crippen molar-refractivity contribution in [3.8, 4) is 16.9 Å². The van der Waals surface area contributed by atoms with Gasteiger partial charge in [-0.15, -0.1) is 0 Å². The van der Waals surface area contributed by atoms with Gasteiger partial charge in [-0.2, -0.15) is 0 Å². The van der Waals surface area contributed by atoms with E-state index in [2.05, 4.69) is 29.6 Å². The van der Waals surface area contributed by atoms with Crippen molar-refractivity contribution in [2.24, 2.45) is 0 Å². The highest BCUT2D eigenvalue weighted by molar-refractivity contribution is 5.79. The van der Waals surface area contributed by atoms with Crippen LogP contribution in [0, 0.1) is 0 Å². The van der Waals surface area contributed by atoms with E-state index < -0.39 is 5.60 Å². The van der Waals surface area contributed by atoms with E-state index in [4.69, 9.17) is 9.47 Å². The van der Waals surface area contributed by atoms with Crippen molar-refractivity contribution in [3.63, 3.8) is 0 Å². The SMILES string of the molecule is CCOC(=O)C(C)(C)Oc1ccc(-c2ccc(CCNC(C)=O)cc2)cc1. The maximum atomic E-state index is 11.9. The molecule has 1 amide bonds. The van der Waals surface area contributed by atoms with Gasteiger partial charge in [-0.3, -0.25) is 4.79 Å². The molecular weight excluding hydrogens is 342 g/mol. The summed E-state index contributed by atoms with van der Waals surface area (Å²) in [7, 11) is 0. The van der Waals surface area contributed by atoms with Crippen molar-refractivity contribution in [2.75, 3.05) is 13.2 Å². The van der Waals surface area contributed by atoms with E-state index in [0.717, 1.165) is 17.5 Å². The predicted molar refractivity (Wildman–Crippen MR) is 106 cm³/mol. The van der Waals surface area contributed by atoms with Gasteiger partial charge in [0.2, 0.25) is 5.91 Å². The van der Waals surface area contributed by atoms with Crippen LogP contribution in [0.3, 0.4) is 0 Å². The Morgan fingerprint density at radius 1 is 0.963 bits per heavy atom. The molecule has 5 nitrogen and oxygen atoms in total. The molecular formula is C22H27NO4. The number of carbonyl (C=O) groups is 2. The number of amides is 1. The summed E-state index contributed by atoms with van der Waals surface area (Å²) in [6, 6.07) is 15.9. The molecule has 2 aromatic rings. The lowest BCUT2D eigenvalue weighted by atomic mass is 10.0. The number of hydrogen-bond donors (Lipinski definition) is 1. The number of rotatable bonds is 8. The van der Waals surface area contributed by atoms with Gasteiger partial charge in [-0.25, -0.2) is 4.79 Å². The van der Waals surface area contributed by atoms with E-state index in [1.54, 1.807) is 20.8 Å². The third kappa shape index (κ3) is 6.13. The molecule has 0 aliphatic carbocycles. The quantitative estimate of drug-likeness (QED) is 0.720. The van der Waals surface area contributed by atoms with Gasteiger partial charge in [0.25, 0.3) is 0 Å². The zero-order valence-electron chi connectivity index (χ0n) is 16.4. The summed E-state index contributed by atoms with van der Waals surface area (Å²) in [5.41, 5.74) is 2.29. The Morgan fingerprint density at radius 2 is 1.52 bits per heavy atom. The summed E-state index contributed by atoms with van der Waals surface area (Å²) < 4.78 is 10.8. The minimum absolute atomic E-state index is 0.0138. The first-order valence-electron chi connectivity index (χ1n) is 9.12. The van der Waals surface area contributed by atoms with Crippen LogP contribution in [-0.2, 0) is 20.7 Å². The third-order valence-electron chi connectivity index (χ3n) is 4.07. The number of benzene rings is 2. The standard InChI is InChI=1S/C22H27NO4/c1-5-26-21(25)22(3,4)27-20-12-10-19(11-13-20)18-8-6-17(7-9-18)14-15-23-16(2)24/h6-13H,5,14-15H2,1-4H3,(H,23,24). The summed E-state index contributed by atoms with van der Waals surface area (Å²) in [6.07, 6.45) is 0.801. The number of hydrogen-bond acceptors (Lipinski definition) is 4. The number of carbonyl (C=O) groups excluding carboxylic acids is 2. The second-order valence-corrected chi connectivity index (χ2v) is 6.79. The fourth-order valence-corrected chi connectivity index (χ4v) is 2.60. The first-order chi connectivity index (χ1) is 12.8. The van der Waals surface area contributed by atoms with Crippen molar-refractivity contribution in [3.05, 3.63) is 54.1 Å². The Morgan fingerprint density at radius 3 is 2.04 bits per heavy atom. The molecule has 0 saturated heterocycles. The Kier molecular flexibility index (Phi) is 6.99.